The third kappa shape index (κ3) is 2.76. The van der Waals surface area contributed by atoms with E-state index < -0.39 is 0 Å². The molecule has 2 aliphatic heterocycles. The van der Waals surface area contributed by atoms with Gasteiger partial charge in [-0.05, 0) is 39.2 Å². The lowest BCUT2D eigenvalue weighted by atomic mass is 10.0. The Balaban J connectivity index is 1.77. The summed E-state index contributed by atoms with van der Waals surface area (Å²) >= 11 is 6.39. The number of aromatic nitrogens is 2. The van der Waals surface area contributed by atoms with Gasteiger partial charge in [0.2, 0.25) is 5.91 Å². The van der Waals surface area contributed by atoms with Crippen LogP contribution in [0.1, 0.15) is 43.9 Å². The number of carbonyl (C=O) groups excluding carboxylic acids is 1. The van der Waals surface area contributed by atoms with Crippen LogP contribution in [0.15, 0.2) is 0 Å². The average molecular weight is 325 g/mol. The molecule has 2 atom stereocenters. The number of nitrogens with zero attached hydrogens (tertiary/aromatic N) is 4. The maximum Gasteiger partial charge on any atom is 0.219 e. The molecule has 1 aromatic rings. The Labute approximate surface area is 137 Å². The van der Waals surface area contributed by atoms with Gasteiger partial charge in [0, 0.05) is 44.7 Å². The number of aryl methyl sites for hydroxylation is 2. The minimum absolute atomic E-state index is 0.213. The van der Waals surface area contributed by atoms with Crippen LogP contribution < -0.4 is 0 Å². The van der Waals surface area contributed by atoms with Gasteiger partial charge < -0.3 is 4.90 Å². The molecule has 5 nitrogen and oxygen atoms in total. The van der Waals surface area contributed by atoms with Gasteiger partial charge in [-0.25, -0.2) is 0 Å². The zero-order chi connectivity index (χ0) is 15.9. The summed E-state index contributed by atoms with van der Waals surface area (Å²) in [6.07, 6.45) is 4.62. The molecule has 122 valence electrons. The Hall–Kier alpha value is -1.07. The van der Waals surface area contributed by atoms with Crippen LogP contribution in [0.5, 0.6) is 0 Å². The fourth-order valence-electron chi connectivity index (χ4n) is 4.12. The van der Waals surface area contributed by atoms with Crippen LogP contribution in [-0.4, -0.2) is 50.7 Å². The Morgan fingerprint density at radius 1 is 1.27 bits per heavy atom. The van der Waals surface area contributed by atoms with Crippen LogP contribution in [0.3, 0.4) is 0 Å². The van der Waals surface area contributed by atoms with Crippen LogP contribution in [0.4, 0.5) is 0 Å². The van der Waals surface area contributed by atoms with E-state index in [0.717, 1.165) is 48.9 Å². The summed E-state index contributed by atoms with van der Waals surface area (Å²) in [6.45, 7) is 6.55. The lowest BCUT2D eigenvalue weighted by molar-refractivity contribution is -0.130. The Morgan fingerprint density at radius 2 is 1.95 bits per heavy atom. The van der Waals surface area contributed by atoms with Gasteiger partial charge >= 0.3 is 0 Å². The number of likely N-dealkylation sites (tertiary alicyclic amines) is 2. The summed E-state index contributed by atoms with van der Waals surface area (Å²) in [6, 6.07) is 0.831. The summed E-state index contributed by atoms with van der Waals surface area (Å²) in [5.74, 6) is 0.213. The van der Waals surface area contributed by atoms with Crippen LogP contribution in [-0.2, 0) is 18.4 Å². The standard InChI is InChI=1S/C16H25ClN4O/c1-11-13(16(17)19(3)18-11)10-20-8-4-6-14(20)15-7-5-9-21(15)12(2)22/h14-15H,4-10H2,1-3H3/t14-,15-/m0/s1. The summed E-state index contributed by atoms with van der Waals surface area (Å²) in [4.78, 5) is 16.4. The van der Waals surface area contributed by atoms with Crippen molar-refractivity contribution in [3.63, 3.8) is 0 Å². The fraction of sp³-hybridized carbons (Fsp3) is 0.750. The largest absolute Gasteiger partial charge is 0.338 e. The minimum Gasteiger partial charge on any atom is -0.338 e. The zero-order valence-electron chi connectivity index (χ0n) is 13.7. The number of hydrogen-bond acceptors (Lipinski definition) is 3. The normalized spacial score (nSPS) is 26.1. The van der Waals surface area contributed by atoms with Crippen molar-refractivity contribution in [2.24, 2.45) is 7.05 Å². The Bertz CT molecular complexity index is 571. The van der Waals surface area contributed by atoms with E-state index in [1.165, 1.54) is 12.8 Å². The lowest BCUT2D eigenvalue weighted by Crippen LogP contribution is -2.47. The highest BCUT2D eigenvalue weighted by atomic mass is 35.5. The number of carbonyl (C=O) groups is 1. The molecule has 6 heteroatoms. The van der Waals surface area contributed by atoms with Gasteiger partial charge in [-0.2, -0.15) is 5.10 Å². The molecule has 0 aliphatic carbocycles. The first kappa shape index (κ1) is 15.8. The molecule has 0 N–H and O–H groups in total. The highest BCUT2D eigenvalue weighted by Crippen LogP contribution is 2.32. The summed E-state index contributed by atoms with van der Waals surface area (Å²) in [5.41, 5.74) is 2.14. The van der Waals surface area contributed by atoms with Crippen LogP contribution in [0.25, 0.3) is 0 Å². The van der Waals surface area contributed by atoms with Gasteiger partial charge in [-0.3, -0.25) is 14.4 Å². The summed E-state index contributed by atoms with van der Waals surface area (Å²) < 4.78 is 1.74. The molecule has 0 saturated carbocycles. The third-order valence-electron chi connectivity index (χ3n) is 5.19. The molecule has 22 heavy (non-hydrogen) atoms. The first-order valence-corrected chi connectivity index (χ1v) is 8.56. The fourth-order valence-corrected chi connectivity index (χ4v) is 4.36. The van der Waals surface area contributed by atoms with Gasteiger partial charge in [0.25, 0.3) is 0 Å². The van der Waals surface area contributed by atoms with E-state index in [2.05, 4.69) is 14.9 Å². The molecule has 2 aliphatic rings. The van der Waals surface area contributed by atoms with Crippen molar-refractivity contribution in [2.75, 3.05) is 13.1 Å². The predicted molar refractivity (Wildman–Crippen MR) is 86.8 cm³/mol. The van der Waals surface area contributed by atoms with E-state index in [-0.39, 0.29) is 5.91 Å². The third-order valence-corrected chi connectivity index (χ3v) is 5.67. The molecule has 3 rings (SSSR count). The quantitative estimate of drug-likeness (QED) is 0.857. The molecule has 2 saturated heterocycles. The van der Waals surface area contributed by atoms with E-state index in [1.54, 1.807) is 11.6 Å². The maximum atomic E-state index is 11.9. The Kier molecular flexibility index (Phi) is 4.46. The number of halogens is 1. The highest BCUT2D eigenvalue weighted by molar-refractivity contribution is 6.30. The molecule has 3 heterocycles. The average Bonchev–Trinajstić information content (AvgIpc) is 3.15. The molecule has 0 unspecified atom stereocenters. The second-order valence-electron chi connectivity index (χ2n) is 6.58. The molecule has 2 fully saturated rings. The molecule has 0 spiro atoms. The number of amides is 1. The Morgan fingerprint density at radius 3 is 2.59 bits per heavy atom. The number of hydrogen-bond donors (Lipinski definition) is 0. The van der Waals surface area contributed by atoms with Gasteiger partial charge in [0.05, 0.1) is 5.69 Å². The zero-order valence-corrected chi connectivity index (χ0v) is 14.4. The predicted octanol–water partition coefficient (Wildman–Crippen LogP) is 2.36. The van der Waals surface area contributed by atoms with E-state index in [9.17, 15) is 4.79 Å². The van der Waals surface area contributed by atoms with Crippen LogP contribution >= 0.6 is 11.6 Å². The van der Waals surface area contributed by atoms with Crippen molar-refractivity contribution >= 4 is 17.5 Å². The molecular formula is C16H25ClN4O. The van der Waals surface area contributed by atoms with E-state index in [0.29, 0.717) is 12.1 Å². The monoisotopic (exact) mass is 324 g/mol. The first-order valence-electron chi connectivity index (χ1n) is 8.18. The van der Waals surface area contributed by atoms with Gasteiger partial charge in [0.1, 0.15) is 5.15 Å². The first-order chi connectivity index (χ1) is 10.5. The second-order valence-corrected chi connectivity index (χ2v) is 6.94. The summed E-state index contributed by atoms with van der Waals surface area (Å²) in [7, 11) is 1.88. The van der Waals surface area contributed by atoms with E-state index >= 15 is 0 Å². The van der Waals surface area contributed by atoms with Crippen molar-refractivity contribution in [3.8, 4) is 0 Å². The van der Waals surface area contributed by atoms with E-state index in [4.69, 9.17) is 11.6 Å². The van der Waals surface area contributed by atoms with Crippen molar-refractivity contribution in [3.05, 3.63) is 16.4 Å². The van der Waals surface area contributed by atoms with Gasteiger partial charge in [-0.15, -0.1) is 0 Å². The highest BCUT2D eigenvalue weighted by Gasteiger charge is 2.39. The van der Waals surface area contributed by atoms with Gasteiger partial charge in [-0.1, -0.05) is 11.6 Å². The topological polar surface area (TPSA) is 41.4 Å². The molecular weight excluding hydrogens is 300 g/mol. The van der Waals surface area contributed by atoms with Crippen LogP contribution in [0, 0.1) is 6.92 Å². The van der Waals surface area contributed by atoms with Crippen molar-refractivity contribution in [1.82, 2.24) is 19.6 Å². The SMILES string of the molecule is CC(=O)N1CCC[C@H]1[C@@H]1CCCN1Cc1c(C)nn(C)c1Cl. The molecule has 1 aromatic heterocycles. The molecule has 0 radical (unpaired) electrons. The number of rotatable bonds is 3. The molecule has 0 aromatic carbocycles. The molecule has 1 amide bonds. The molecule has 0 bridgehead atoms. The van der Waals surface area contributed by atoms with E-state index in [1.807, 2.05) is 14.0 Å². The minimum atomic E-state index is 0.213. The lowest BCUT2D eigenvalue weighted by Gasteiger charge is -2.34. The summed E-state index contributed by atoms with van der Waals surface area (Å²) in [5, 5.41) is 5.15. The second kappa shape index (κ2) is 6.20. The van der Waals surface area contributed by atoms with Crippen LogP contribution in [0.2, 0.25) is 5.15 Å². The van der Waals surface area contributed by atoms with Crippen molar-refractivity contribution in [2.45, 2.75) is 58.2 Å². The smallest absolute Gasteiger partial charge is 0.219 e. The maximum absolute atomic E-state index is 11.9. The van der Waals surface area contributed by atoms with Crippen molar-refractivity contribution in [1.29, 1.82) is 0 Å². The van der Waals surface area contributed by atoms with Crippen molar-refractivity contribution < 1.29 is 4.79 Å². The van der Waals surface area contributed by atoms with Gasteiger partial charge in [0.15, 0.2) is 0 Å².